The SMILES string of the molecule is CC1CC(C(=O)c2ccc(N)cc2Br)CO1. The molecule has 1 aromatic carbocycles. The molecule has 3 nitrogen and oxygen atoms in total. The summed E-state index contributed by atoms with van der Waals surface area (Å²) in [6.45, 7) is 2.52. The quantitative estimate of drug-likeness (QED) is 0.671. The van der Waals surface area contributed by atoms with E-state index in [0.717, 1.165) is 10.9 Å². The van der Waals surface area contributed by atoms with Crippen LogP contribution in [-0.2, 0) is 4.74 Å². The van der Waals surface area contributed by atoms with Crippen LogP contribution in [-0.4, -0.2) is 18.5 Å². The average Bonchev–Trinajstić information content (AvgIpc) is 2.64. The normalized spacial score (nSPS) is 24.6. The van der Waals surface area contributed by atoms with Crippen molar-refractivity contribution < 1.29 is 9.53 Å². The Morgan fingerprint density at radius 1 is 1.56 bits per heavy atom. The number of Topliss-reactive ketones (excluding diaryl/α,β-unsaturated/α-hetero) is 1. The number of halogens is 1. The van der Waals surface area contributed by atoms with Gasteiger partial charge in [0.1, 0.15) is 0 Å². The molecule has 0 aromatic heterocycles. The second-order valence-corrected chi connectivity index (χ2v) is 5.03. The van der Waals surface area contributed by atoms with Gasteiger partial charge in [-0.15, -0.1) is 0 Å². The van der Waals surface area contributed by atoms with Crippen molar-refractivity contribution in [3.05, 3.63) is 28.2 Å². The van der Waals surface area contributed by atoms with E-state index in [2.05, 4.69) is 15.9 Å². The Bertz CT molecular complexity index is 419. The molecule has 86 valence electrons. The predicted octanol–water partition coefficient (Wildman–Crippen LogP) is 2.64. The van der Waals surface area contributed by atoms with Gasteiger partial charge in [-0.2, -0.15) is 0 Å². The van der Waals surface area contributed by atoms with E-state index in [1.54, 1.807) is 18.2 Å². The van der Waals surface area contributed by atoms with Gasteiger partial charge in [-0.05, 0) is 47.5 Å². The fourth-order valence-electron chi connectivity index (χ4n) is 1.95. The Kier molecular flexibility index (Phi) is 3.30. The van der Waals surface area contributed by atoms with Gasteiger partial charge in [0, 0.05) is 21.6 Å². The fourth-order valence-corrected chi connectivity index (χ4v) is 2.54. The molecule has 1 aromatic rings. The standard InChI is InChI=1S/C12H14BrNO2/c1-7-4-8(6-16-7)12(15)10-3-2-9(14)5-11(10)13/h2-3,5,7-8H,4,6,14H2,1H3. The zero-order valence-corrected chi connectivity index (χ0v) is 10.7. The van der Waals surface area contributed by atoms with Gasteiger partial charge >= 0.3 is 0 Å². The lowest BCUT2D eigenvalue weighted by molar-refractivity contribution is 0.0877. The van der Waals surface area contributed by atoms with Gasteiger partial charge in [0.25, 0.3) is 0 Å². The Morgan fingerprint density at radius 3 is 2.88 bits per heavy atom. The molecule has 1 saturated heterocycles. The molecule has 0 radical (unpaired) electrons. The highest BCUT2D eigenvalue weighted by Crippen LogP contribution is 2.27. The van der Waals surface area contributed by atoms with Crippen molar-refractivity contribution in [2.75, 3.05) is 12.3 Å². The lowest BCUT2D eigenvalue weighted by atomic mass is 9.95. The maximum Gasteiger partial charge on any atom is 0.169 e. The minimum atomic E-state index is -0.0186. The maximum atomic E-state index is 12.2. The number of anilines is 1. The lowest BCUT2D eigenvalue weighted by Gasteiger charge is -2.09. The van der Waals surface area contributed by atoms with Crippen molar-refractivity contribution in [1.82, 2.24) is 0 Å². The van der Waals surface area contributed by atoms with Crippen molar-refractivity contribution in [2.24, 2.45) is 5.92 Å². The van der Waals surface area contributed by atoms with E-state index >= 15 is 0 Å². The molecular weight excluding hydrogens is 270 g/mol. The number of ketones is 1. The van der Waals surface area contributed by atoms with Crippen LogP contribution in [0.2, 0.25) is 0 Å². The van der Waals surface area contributed by atoms with Crippen LogP contribution in [0.15, 0.2) is 22.7 Å². The topological polar surface area (TPSA) is 52.3 Å². The first-order valence-electron chi connectivity index (χ1n) is 5.28. The minimum absolute atomic E-state index is 0.0186. The van der Waals surface area contributed by atoms with E-state index in [9.17, 15) is 4.79 Å². The van der Waals surface area contributed by atoms with Gasteiger partial charge in [-0.1, -0.05) is 0 Å². The molecule has 2 rings (SSSR count). The Balaban J connectivity index is 2.21. The molecule has 1 fully saturated rings. The third-order valence-electron chi connectivity index (χ3n) is 2.83. The highest BCUT2D eigenvalue weighted by atomic mass is 79.9. The van der Waals surface area contributed by atoms with Crippen LogP contribution in [0.3, 0.4) is 0 Å². The molecule has 4 heteroatoms. The van der Waals surface area contributed by atoms with Gasteiger partial charge in [-0.3, -0.25) is 4.79 Å². The largest absolute Gasteiger partial charge is 0.399 e. The molecule has 1 aliphatic heterocycles. The summed E-state index contributed by atoms with van der Waals surface area (Å²) < 4.78 is 6.17. The number of rotatable bonds is 2. The molecule has 2 unspecified atom stereocenters. The molecule has 1 heterocycles. The number of nitrogen functional groups attached to an aromatic ring is 1. The summed E-state index contributed by atoms with van der Waals surface area (Å²) in [6.07, 6.45) is 0.983. The van der Waals surface area contributed by atoms with Crippen molar-refractivity contribution >= 4 is 27.4 Å². The smallest absolute Gasteiger partial charge is 0.169 e. The maximum absolute atomic E-state index is 12.2. The van der Waals surface area contributed by atoms with E-state index in [1.165, 1.54) is 0 Å². The van der Waals surface area contributed by atoms with Crippen molar-refractivity contribution in [3.63, 3.8) is 0 Å². The fraction of sp³-hybridized carbons (Fsp3) is 0.417. The second kappa shape index (κ2) is 4.55. The van der Waals surface area contributed by atoms with Crippen LogP contribution in [0.5, 0.6) is 0 Å². The van der Waals surface area contributed by atoms with E-state index in [4.69, 9.17) is 10.5 Å². The number of hydrogen-bond donors (Lipinski definition) is 1. The van der Waals surface area contributed by atoms with Crippen molar-refractivity contribution in [2.45, 2.75) is 19.4 Å². The van der Waals surface area contributed by atoms with Crippen LogP contribution >= 0.6 is 15.9 Å². The van der Waals surface area contributed by atoms with Gasteiger partial charge in [0.05, 0.1) is 12.7 Å². The second-order valence-electron chi connectivity index (χ2n) is 4.18. The van der Waals surface area contributed by atoms with Crippen LogP contribution in [0.4, 0.5) is 5.69 Å². The Hall–Kier alpha value is -0.870. The Labute approximate surface area is 103 Å². The first-order chi connectivity index (χ1) is 7.58. The molecule has 2 N–H and O–H groups in total. The number of benzene rings is 1. The minimum Gasteiger partial charge on any atom is -0.399 e. The predicted molar refractivity (Wildman–Crippen MR) is 66.4 cm³/mol. The molecule has 0 spiro atoms. The monoisotopic (exact) mass is 283 g/mol. The molecule has 2 atom stereocenters. The highest BCUT2D eigenvalue weighted by molar-refractivity contribution is 9.10. The van der Waals surface area contributed by atoms with E-state index in [0.29, 0.717) is 17.9 Å². The van der Waals surface area contributed by atoms with E-state index < -0.39 is 0 Å². The van der Waals surface area contributed by atoms with Crippen molar-refractivity contribution in [3.8, 4) is 0 Å². The summed E-state index contributed by atoms with van der Waals surface area (Å²) in [5, 5.41) is 0. The van der Waals surface area contributed by atoms with Crippen LogP contribution < -0.4 is 5.73 Å². The van der Waals surface area contributed by atoms with Crippen LogP contribution in [0, 0.1) is 5.92 Å². The number of carbonyl (C=O) groups is 1. The van der Waals surface area contributed by atoms with E-state index in [1.807, 2.05) is 6.92 Å². The summed E-state index contributed by atoms with van der Waals surface area (Å²) >= 11 is 3.37. The highest BCUT2D eigenvalue weighted by Gasteiger charge is 2.29. The van der Waals surface area contributed by atoms with Gasteiger partial charge < -0.3 is 10.5 Å². The summed E-state index contributed by atoms with van der Waals surface area (Å²) in [7, 11) is 0. The van der Waals surface area contributed by atoms with E-state index in [-0.39, 0.29) is 17.8 Å². The first kappa shape index (κ1) is 11.6. The third-order valence-corrected chi connectivity index (χ3v) is 3.48. The molecule has 1 aliphatic rings. The van der Waals surface area contributed by atoms with Gasteiger partial charge in [-0.25, -0.2) is 0 Å². The lowest BCUT2D eigenvalue weighted by Crippen LogP contribution is -2.15. The average molecular weight is 284 g/mol. The summed E-state index contributed by atoms with van der Waals surface area (Å²) in [6, 6.07) is 5.27. The zero-order valence-electron chi connectivity index (χ0n) is 9.07. The van der Waals surface area contributed by atoms with Gasteiger partial charge in [0.15, 0.2) is 5.78 Å². The first-order valence-corrected chi connectivity index (χ1v) is 6.08. The molecule has 0 saturated carbocycles. The van der Waals surface area contributed by atoms with Crippen LogP contribution in [0.25, 0.3) is 0 Å². The number of hydrogen-bond acceptors (Lipinski definition) is 3. The molecule has 0 amide bonds. The molecule has 0 aliphatic carbocycles. The van der Waals surface area contributed by atoms with Crippen LogP contribution in [0.1, 0.15) is 23.7 Å². The third kappa shape index (κ3) is 2.28. The van der Waals surface area contributed by atoms with Gasteiger partial charge in [0.2, 0.25) is 0 Å². The Morgan fingerprint density at radius 2 is 2.31 bits per heavy atom. The number of nitrogens with two attached hydrogens (primary N) is 1. The number of ether oxygens (including phenoxy) is 1. The molecular formula is C12H14BrNO2. The summed E-state index contributed by atoms with van der Waals surface area (Å²) in [5.41, 5.74) is 6.98. The zero-order chi connectivity index (χ0) is 11.7. The molecule has 16 heavy (non-hydrogen) atoms. The molecule has 0 bridgehead atoms. The number of carbonyl (C=O) groups excluding carboxylic acids is 1. The summed E-state index contributed by atoms with van der Waals surface area (Å²) in [4.78, 5) is 12.2. The van der Waals surface area contributed by atoms with Crippen molar-refractivity contribution in [1.29, 1.82) is 0 Å². The summed E-state index contributed by atoms with van der Waals surface area (Å²) in [5.74, 6) is 0.117.